The zero-order valence-corrected chi connectivity index (χ0v) is 9.45. The van der Waals surface area contributed by atoms with Crippen LogP contribution in [0.2, 0.25) is 0 Å². The molecule has 2 N–H and O–H groups in total. The Hall–Kier alpha value is -2.03. The van der Waals surface area contributed by atoms with Crippen LogP contribution < -0.4 is 10.6 Å². The molecule has 0 fully saturated rings. The summed E-state index contributed by atoms with van der Waals surface area (Å²) >= 11 is 0. The number of hydrogen-bond acceptors (Lipinski definition) is 4. The third-order valence-electron chi connectivity index (χ3n) is 1.64. The number of rotatable bonds is 4. The molecule has 0 aliphatic heterocycles. The Bertz CT molecular complexity index is 390. The van der Waals surface area contributed by atoms with E-state index in [9.17, 15) is 0 Å². The number of terminal acetylenes is 1. The van der Waals surface area contributed by atoms with E-state index in [1.807, 2.05) is 6.92 Å². The minimum atomic E-state index is 0.334. The lowest BCUT2D eigenvalue weighted by atomic mass is 10.6. The SMILES string of the molecule is C#CCNC(=NCc1nc(C)no1)NCC. The van der Waals surface area contributed by atoms with Crippen molar-refractivity contribution in [3.63, 3.8) is 0 Å². The van der Waals surface area contributed by atoms with Crippen LogP contribution in [-0.4, -0.2) is 29.2 Å². The fourth-order valence-corrected chi connectivity index (χ4v) is 1.03. The van der Waals surface area contributed by atoms with Crippen molar-refractivity contribution in [1.82, 2.24) is 20.8 Å². The monoisotopic (exact) mass is 221 g/mol. The second-order valence-corrected chi connectivity index (χ2v) is 2.99. The van der Waals surface area contributed by atoms with Crippen molar-refractivity contribution in [3.05, 3.63) is 11.7 Å². The fraction of sp³-hybridized carbons (Fsp3) is 0.500. The molecule has 1 aromatic heterocycles. The molecule has 1 heterocycles. The topological polar surface area (TPSA) is 75.3 Å². The van der Waals surface area contributed by atoms with E-state index in [0.717, 1.165) is 6.54 Å². The van der Waals surface area contributed by atoms with Crippen molar-refractivity contribution < 1.29 is 4.52 Å². The van der Waals surface area contributed by atoms with Crippen molar-refractivity contribution in [2.45, 2.75) is 20.4 Å². The summed E-state index contributed by atoms with van der Waals surface area (Å²) in [4.78, 5) is 8.28. The molecule has 0 aliphatic rings. The van der Waals surface area contributed by atoms with Crippen LogP contribution in [-0.2, 0) is 6.54 Å². The van der Waals surface area contributed by atoms with Gasteiger partial charge < -0.3 is 15.2 Å². The third kappa shape index (κ3) is 4.00. The molecule has 16 heavy (non-hydrogen) atoms. The van der Waals surface area contributed by atoms with Gasteiger partial charge in [-0.05, 0) is 13.8 Å². The van der Waals surface area contributed by atoms with E-state index in [-0.39, 0.29) is 0 Å². The predicted octanol–water partition coefficient (Wildman–Crippen LogP) is 0.0663. The highest BCUT2D eigenvalue weighted by molar-refractivity contribution is 5.79. The summed E-state index contributed by atoms with van der Waals surface area (Å²) in [6, 6.07) is 0. The van der Waals surface area contributed by atoms with Gasteiger partial charge in [0, 0.05) is 6.54 Å². The Kier molecular flexibility index (Phi) is 4.86. The Morgan fingerprint density at radius 2 is 2.38 bits per heavy atom. The largest absolute Gasteiger partial charge is 0.357 e. The maximum absolute atomic E-state index is 5.15. The molecule has 0 radical (unpaired) electrons. The lowest BCUT2D eigenvalue weighted by molar-refractivity contribution is 0.376. The lowest BCUT2D eigenvalue weighted by Crippen LogP contribution is -2.37. The molecule has 6 heteroatoms. The highest BCUT2D eigenvalue weighted by Gasteiger charge is 2.01. The Morgan fingerprint density at radius 1 is 1.56 bits per heavy atom. The molecule has 0 spiro atoms. The minimum absolute atomic E-state index is 0.334. The first-order chi connectivity index (χ1) is 7.76. The Labute approximate surface area is 94.5 Å². The highest BCUT2D eigenvalue weighted by atomic mass is 16.5. The van der Waals surface area contributed by atoms with Gasteiger partial charge in [-0.15, -0.1) is 6.42 Å². The lowest BCUT2D eigenvalue weighted by Gasteiger charge is -2.07. The molecule has 0 bridgehead atoms. The summed E-state index contributed by atoms with van der Waals surface area (Å²) in [7, 11) is 0. The molecule has 1 rings (SSSR count). The zero-order chi connectivity index (χ0) is 11.8. The fourth-order valence-electron chi connectivity index (χ4n) is 1.03. The second kappa shape index (κ2) is 6.45. The first kappa shape index (κ1) is 12.0. The van der Waals surface area contributed by atoms with Crippen molar-refractivity contribution in [1.29, 1.82) is 0 Å². The van der Waals surface area contributed by atoms with Gasteiger partial charge in [-0.3, -0.25) is 0 Å². The van der Waals surface area contributed by atoms with E-state index >= 15 is 0 Å². The van der Waals surface area contributed by atoms with Gasteiger partial charge in [0.05, 0.1) is 6.54 Å². The van der Waals surface area contributed by atoms with Crippen LogP contribution in [0.3, 0.4) is 0 Å². The first-order valence-corrected chi connectivity index (χ1v) is 5.01. The molecule has 86 valence electrons. The summed E-state index contributed by atoms with van der Waals surface area (Å²) in [5.74, 6) is 4.20. The van der Waals surface area contributed by atoms with Gasteiger partial charge in [-0.25, -0.2) is 4.99 Å². The van der Waals surface area contributed by atoms with Crippen LogP contribution in [0.4, 0.5) is 0 Å². The summed E-state index contributed by atoms with van der Waals surface area (Å²) < 4.78 is 4.93. The number of guanidine groups is 1. The first-order valence-electron chi connectivity index (χ1n) is 5.01. The highest BCUT2D eigenvalue weighted by Crippen LogP contribution is 1.97. The molecule has 0 atom stereocenters. The molecule has 0 aromatic carbocycles. The van der Waals surface area contributed by atoms with E-state index < -0.39 is 0 Å². The normalized spacial score (nSPS) is 10.9. The van der Waals surface area contributed by atoms with E-state index in [1.54, 1.807) is 6.92 Å². The number of aliphatic imine (C=N–C) groups is 1. The quantitative estimate of drug-likeness (QED) is 0.427. The van der Waals surface area contributed by atoms with Crippen molar-refractivity contribution in [2.75, 3.05) is 13.1 Å². The predicted molar refractivity (Wildman–Crippen MR) is 60.7 cm³/mol. The molecule has 0 amide bonds. The molecule has 0 unspecified atom stereocenters. The van der Waals surface area contributed by atoms with Crippen molar-refractivity contribution in [3.8, 4) is 12.3 Å². The molecular formula is C10H15N5O. The number of aryl methyl sites for hydroxylation is 1. The van der Waals surface area contributed by atoms with Gasteiger partial charge in [0.1, 0.15) is 6.54 Å². The average Bonchev–Trinajstić information content (AvgIpc) is 2.68. The van der Waals surface area contributed by atoms with Gasteiger partial charge in [0.15, 0.2) is 11.8 Å². The maximum atomic E-state index is 5.15. The van der Waals surface area contributed by atoms with Gasteiger partial charge in [-0.1, -0.05) is 11.1 Å². The van der Waals surface area contributed by atoms with Gasteiger partial charge in [-0.2, -0.15) is 4.98 Å². The zero-order valence-electron chi connectivity index (χ0n) is 9.45. The van der Waals surface area contributed by atoms with Crippen LogP contribution in [0.1, 0.15) is 18.6 Å². The van der Waals surface area contributed by atoms with Gasteiger partial charge in [0.25, 0.3) is 0 Å². The Balaban J connectivity index is 2.53. The van der Waals surface area contributed by atoms with Crippen LogP contribution in [0.25, 0.3) is 0 Å². The maximum Gasteiger partial charge on any atom is 0.248 e. The van der Waals surface area contributed by atoms with Crippen LogP contribution >= 0.6 is 0 Å². The van der Waals surface area contributed by atoms with Crippen LogP contribution in [0.15, 0.2) is 9.52 Å². The van der Waals surface area contributed by atoms with Crippen molar-refractivity contribution >= 4 is 5.96 Å². The van der Waals surface area contributed by atoms with Crippen LogP contribution in [0.5, 0.6) is 0 Å². The summed E-state index contributed by atoms with van der Waals surface area (Å²) in [6.07, 6.45) is 5.15. The van der Waals surface area contributed by atoms with Crippen LogP contribution in [0, 0.1) is 19.3 Å². The van der Waals surface area contributed by atoms with Gasteiger partial charge in [0.2, 0.25) is 5.89 Å². The van der Waals surface area contributed by atoms with E-state index in [4.69, 9.17) is 10.9 Å². The standard InChI is InChI=1S/C10H15N5O/c1-4-6-12-10(11-5-2)13-7-9-14-8(3)15-16-9/h1H,5-7H2,2-3H3,(H2,11,12,13). The summed E-state index contributed by atoms with van der Waals surface area (Å²) in [5, 5.41) is 9.68. The second-order valence-electron chi connectivity index (χ2n) is 2.99. The number of aromatic nitrogens is 2. The average molecular weight is 221 g/mol. The smallest absolute Gasteiger partial charge is 0.248 e. The van der Waals surface area contributed by atoms with E-state index in [1.165, 1.54) is 0 Å². The Morgan fingerprint density at radius 3 is 2.94 bits per heavy atom. The molecule has 6 nitrogen and oxygen atoms in total. The number of nitrogens with one attached hydrogen (secondary N) is 2. The van der Waals surface area contributed by atoms with Crippen molar-refractivity contribution in [2.24, 2.45) is 4.99 Å². The molecule has 0 aliphatic carbocycles. The molecular weight excluding hydrogens is 206 g/mol. The minimum Gasteiger partial charge on any atom is -0.357 e. The summed E-state index contributed by atoms with van der Waals surface area (Å²) in [5.41, 5.74) is 0. The molecule has 0 saturated carbocycles. The molecule has 0 saturated heterocycles. The van der Waals surface area contributed by atoms with E-state index in [0.29, 0.717) is 30.8 Å². The third-order valence-corrected chi connectivity index (χ3v) is 1.64. The van der Waals surface area contributed by atoms with Gasteiger partial charge >= 0.3 is 0 Å². The number of hydrogen-bond donors (Lipinski definition) is 2. The molecule has 1 aromatic rings. The van der Waals surface area contributed by atoms with E-state index in [2.05, 4.69) is 31.7 Å². The number of nitrogens with zero attached hydrogens (tertiary/aromatic N) is 3. The summed E-state index contributed by atoms with van der Waals surface area (Å²) in [6.45, 7) is 5.26.